The first-order valence-corrected chi connectivity index (χ1v) is 14.1. The van der Waals surface area contributed by atoms with Crippen molar-refractivity contribution in [2.75, 3.05) is 56.7 Å². The number of aromatic nitrogens is 5. The van der Waals surface area contributed by atoms with Crippen molar-refractivity contribution in [3.63, 3.8) is 0 Å². The number of anilines is 3. The summed E-state index contributed by atoms with van der Waals surface area (Å²) in [5, 5.41) is 16.3. The molecule has 39 heavy (non-hydrogen) atoms. The van der Waals surface area contributed by atoms with Crippen molar-refractivity contribution in [3.05, 3.63) is 65.6 Å². The normalized spacial score (nSPS) is 20.8. The molecule has 3 aliphatic heterocycles. The van der Waals surface area contributed by atoms with E-state index in [1.54, 1.807) is 0 Å². The minimum atomic E-state index is -0.0698. The van der Waals surface area contributed by atoms with Crippen LogP contribution in [0.15, 0.2) is 48.9 Å². The van der Waals surface area contributed by atoms with Crippen molar-refractivity contribution in [2.45, 2.75) is 44.3 Å². The van der Waals surface area contributed by atoms with Gasteiger partial charge in [0.05, 0.1) is 18.5 Å². The molecular weight excluding hydrogens is 490 g/mol. The molecule has 204 valence electrons. The Bertz CT molecular complexity index is 1460. The Hall–Kier alpha value is -3.47. The number of hydrogen-bond donors (Lipinski definition) is 2. The van der Waals surface area contributed by atoms with Crippen LogP contribution in [-0.4, -0.2) is 81.8 Å². The maximum Gasteiger partial charge on any atom is 0.247 e. The zero-order valence-corrected chi connectivity index (χ0v) is 22.8. The van der Waals surface area contributed by atoms with Gasteiger partial charge in [0.2, 0.25) is 5.95 Å². The molecule has 0 bridgehead atoms. The fraction of sp³-hybridized carbons (Fsp3) is 0.483. The Morgan fingerprint density at radius 2 is 2.10 bits per heavy atom. The summed E-state index contributed by atoms with van der Waals surface area (Å²) in [6, 6.07) is 11.4. The van der Waals surface area contributed by atoms with Crippen LogP contribution in [0.3, 0.4) is 0 Å². The first-order chi connectivity index (χ1) is 19.1. The van der Waals surface area contributed by atoms with Gasteiger partial charge in [-0.25, -0.2) is 4.52 Å². The van der Waals surface area contributed by atoms with E-state index in [0.29, 0.717) is 12.0 Å². The number of pyridine rings is 1. The summed E-state index contributed by atoms with van der Waals surface area (Å²) in [5.74, 6) is 0.615. The van der Waals surface area contributed by atoms with Crippen LogP contribution in [-0.2, 0) is 29.7 Å². The van der Waals surface area contributed by atoms with Crippen LogP contribution in [0, 0.1) is 0 Å². The first-order valence-electron chi connectivity index (χ1n) is 14.1. The lowest BCUT2D eigenvalue weighted by Gasteiger charge is -2.51. The molecular formula is C29H37N9O. The highest BCUT2D eigenvalue weighted by Crippen LogP contribution is 2.35. The number of rotatable bonds is 8. The van der Waals surface area contributed by atoms with Crippen molar-refractivity contribution in [3.8, 4) is 0 Å². The Morgan fingerprint density at radius 3 is 2.90 bits per heavy atom. The predicted molar refractivity (Wildman–Crippen MR) is 152 cm³/mol. The number of benzene rings is 1. The highest BCUT2D eigenvalue weighted by Gasteiger charge is 2.45. The van der Waals surface area contributed by atoms with Crippen LogP contribution in [0.5, 0.6) is 0 Å². The zero-order chi connectivity index (χ0) is 26.4. The molecule has 6 heterocycles. The molecule has 7 rings (SSSR count). The van der Waals surface area contributed by atoms with Crippen molar-refractivity contribution in [1.29, 1.82) is 0 Å². The van der Waals surface area contributed by atoms with Gasteiger partial charge in [0.25, 0.3) is 0 Å². The quantitative estimate of drug-likeness (QED) is 0.362. The lowest BCUT2D eigenvalue weighted by Crippen LogP contribution is -2.67. The second-order valence-corrected chi connectivity index (χ2v) is 11.2. The fourth-order valence-corrected chi connectivity index (χ4v) is 6.40. The van der Waals surface area contributed by atoms with Crippen molar-refractivity contribution < 1.29 is 4.74 Å². The molecule has 0 aliphatic carbocycles. The van der Waals surface area contributed by atoms with Gasteiger partial charge in [0.1, 0.15) is 5.54 Å². The maximum atomic E-state index is 5.61. The van der Waals surface area contributed by atoms with E-state index in [0.717, 1.165) is 82.2 Å². The van der Waals surface area contributed by atoms with Gasteiger partial charge in [0.15, 0.2) is 5.65 Å². The van der Waals surface area contributed by atoms with Crippen LogP contribution in [0.1, 0.15) is 30.0 Å². The van der Waals surface area contributed by atoms with Crippen molar-refractivity contribution >= 4 is 23.0 Å². The van der Waals surface area contributed by atoms with Gasteiger partial charge in [-0.05, 0) is 67.3 Å². The summed E-state index contributed by atoms with van der Waals surface area (Å²) in [4.78, 5) is 9.86. The van der Waals surface area contributed by atoms with Gasteiger partial charge in [-0.15, -0.1) is 5.10 Å². The van der Waals surface area contributed by atoms with Gasteiger partial charge >= 0.3 is 0 Å². The average Bonchev–Trinajstić information content (AvgIpc) is 3.71. The number of ether oxygens (including phenoxy) is 1. The highest BCUT2D eigenvalue weighted by molar-refractivity contribution is 5.72. The monoisotopic (exact) mass is 527 g/mol. The van der Waals surface area contributed by atoms with Gasteiger partial charge in [0, 0.05) is 63.5 Å². The topological polar surface area (TPSA) is 87.8 Å². The third-order valence-electron chi connectivity index (χ3n) is 8.62. The molecule has 3 aromatic heterocycles. The number of likely N-dealkylation sites (N-methyl/N-ethyl adjacent to an activating group) is 1. The van der Waals surface area contributed by atoms with E-state index in [4.69, 9.17) is 19.9 Å². The summed E-state index contributed by atoms with van der Waals surface area (Å²) in [7, 11) is 2.01. The Labute approximate surface area is 229 Å². The van der Waals surface area contributed by atoms with Gasteiger partial charge in [-0.1, -0.05) is 13.0 Å². The van der Waals surface area contributed by atoms with Crippen molar-refractivity contribution in [1.82, 2.24) is 34.6 Å². The third-order valence-corrected chi connectivity index (χ3v) is 8.62. The molecule has 1 atom stereocenters. The zero-order valence-electron chi connectivity index (χ0n) is 22.8. The molecule has 4 aromatic rings. The molecule has 1 aromatic carbocycles. The van der Waals surface area contributed by atoms with Gasteiger partial charge in [-0.2, -0.15) is 10.1 Å². The van der Waals surface area contributed by atoms with Gasteiger partial charge in [-0.3, -0.25) is 9.58 Å². The molecule has 0 amide bonds. The number of aryl methyl sites for hydroxylation is 1. The Balaban J connectivity index is 1.08. The fourth-order valence-electron chi connectivity index (χ4n) is 6.40. The molecule has 2 N–H and O–H groups in total. The minimum absolute atomic E-state index is 0.0698. The number of fused-ring (bicyclic) bond motifs is 2. The second-order valence-electron chi connectivity index (χ2n) is 11.2. The summed E-state index contributed by atoms with van der Waals surface area (Å²) < 4.78 is 9.63. The van der Waals surface area contributed by atoms with E-state index in [2.05, 4.69) is 62.5 Å². The number of nitrogens with zero attached hydrogens (tertiary/aromatic N) is 7. The standard InChI is InChI=1S/C29H37N9O/c1-3-21-14-31-38(15-21)29(18-30-2)19-36(20-29)26-5-4-10-37-27(26)33-28(34-37)32-24-7-6-23-16-35(11-8-22(23)13-24)25-9-12-39-17-25/h4-7,10,13-15,25,30H,3,8-9,11-12,16-20H2,1-2H3,(H,32,34). The Morgan fingerprint density at radius 1 is 1.18 bits per heavy atom. The SMILES string of the molecule is CCc1cnn(C2(CNC)CN(c3cccn4nc(Nc5ccc6c(c5)CCN(C5CCOC5)C6)nc34)C2)c1. The van der Waals surface area contributed by atoms with E-state index >= 15 is 0 Å². The summed E-state index contributed by atoms with van der Waals surface area (Å²) in [5.41, 5.74) is 7.00. The molecule has 2 fully saturated rings. The van der Waals surface area contributed by atoms with Crippen molar-refractivity contribution in [2.24, 2.45) is 0 Å². The smallest absolute Gasteiger partial charge is 0.247 e. The Kier molecular flexibility index (Phi) is 6.25. The maximum absolute atomic E-state index is 5.61. The molecule has 10 nitrogen and oxygen atoms in total. The summed E-state index contributed by atoms with van der Waals surface area (Å²) >= 11 is 0. The van der Waals surface area contributed by atoms with Crippen LogP contribution < -0.4 is 15.5 Å². The molecule has 1 unspecified atom stereocenters. The van der Waals surface area contributed by atoms with E-state index in [-0.39, 0.29) is 5.54 Å². The summed E-state index contributed by atoms with van der Waals surface area (Å²) in [6.07, 6.45) is 9.34. The molecule has 3 aliphatic rings. The van der Waals surface area contributed by atoms with Crippen LogP contribution >= 0.6 is 0 Å². The lowest BCUT2D eigenvalue weighted by atomic mass is 9.89. The molecule has 2 saturated heterocycles. The molecule has 0 saturated carbocycles. The number of hydrogen-bond acceptors (Lipinski definition) is 8. The number of nitrogens with one attached hydrogen (secondary N) is 2. The third kappa shape index (κ3) is 4.46. The molecule has 0 spiro atoms. The highest BCUT2D eigenvalue weighted by atomic mass is 16.5. The van der Waals surface area contributed by atoms with Crippen LogP contribution in [0.25, 0.3) is 5.65 Å². The van der Waals surface area contributed by atoms with Gasteiger partial charge < -0.3 is 20.3 Å². The van der Waals surface area contributed by atoms with E-state index in [1.165, 1.54) is 16.7 Å². The van der Waals surface area contributed by atoms with E-state index in [1.807, 2.05) is 30.0 Å². The molecule has 10 heteroatoms. The predicted octanol–water partition coefficient (Wildman–Crippen LogP) is 2.81. The second kappa shape index (κ2) is 9.93. The first kappa shape index (κ1) is 24.6. The van der Waals surface area contributed by atoms with Crippen LogP contribution in [0.2, 0.25) is 0 Å². The minimum Gasteiger partial charge on any atom is -0.380 e. The van der Waals surface area contributed by atoms with E-state index < -0.39 is 0 Å². The summed E-state index contributed by atoms with van der Waals surface area (Å²) in [6.45, 7) is 8.61. The van der Waals surface area contributed by atoms with E-state index in [9.17, 15) is 0 Å². The molecule has 0 radical (unpaired) electrons. The average molecular weight is 528 g/mol. The lowest BCUT2D eigenvalue weighted by molar-refractivity contribution is 0.135. The largest absolute Gasteiger partial charge is 0.380 e. The van der Waals surface area contributed by atoms with Crippen LogP contribution in [0.4, 0.5) is 17.3 Å².